The van der Waals surface area contributed by atoms with E-state index >= 15 is 0 Å². The Morgan fingerprint density at radius 2 is 2.00 bits per heavy atom. The molecule has 0 heterocycles. The van der Waals surface area contributed by atoms with Gasteiger partial charge in [-0.1, -0.05) is 29.3 Å². The molecule has 0 aliphatic rings. The van der Waals surface area contributed by atoms with Crippen molar-refractivity contribution in [1.82, 2.24) is 0 Å². The molecule has 0 unspecified atom stereocenters. The van der Waals surface area contributed by atoms with Gasteiger partial charge in [0.25, 0.3) is 5.91 Å². The highest BCUT2D eigenvalue weighted by Gasteiger charge is 2.12. The number of halogens is 2. The van der Waals surface area contributed by atoms with Gasteiger partial charge >= 0.3 is 5.97 Å². The SMILES string of the molecule is Cc1cccc(C(=O)OCC(=O)Nc2cc(F)ccc2Cl)c1. The van der Waals surface area contributed by atoms with Gasteiger partial charge < -0.3 is 10.1 Å². The molecule has 0 spiro atoms. The molecule has 0 aliphatic heterocycles. The van der Waals surface area contributed by atoms with Crippen molar-refractivity contribution in [1.29, 1.82) is 0 Å². The van der Waals surface area contributed by atoms with Crippen LogP contribution in [0.1, 0.15) is 15.9 Å². The molecule has 0 saturated heterocycles. The van der Waals surface area contributed by atoms with Crippen molar-refractivity contribution >= 4 is 29.2 Å². The molecule has 22 heavy (non-hydrogen) atoms. The Kier molecular flexibility index (Phi) is 5.12. The number of carbonyl (C=O) groups is 2. The van der Waals surface area contributed by atoms with E-state index < -0.39 is 24.3 Å². The van der Waals surface area contributed by atoms with E-state index in [9.17, 15) is 14.0 Å². The molecule has 1 amide bonds. The number of ether oxygens (including phenoxy) is 1. The van der Waals surface area contributed by atoms with E-state index in [0.717, 1.165) is 11.6 Å². The highest BCUT2D eigenvalue weighted by Crippen LogP contribution is 2.22. The fourth-order valence-corrected chi connectivity index (χ4v) is 1.93. The average Bonchev–Trinajstić information content (AvgIpc) is 2.48. The van der Waals surface area contributed by atoms with Crippen LogP contribution >= 0.6 is 11.6 Å². The van der Waals surface area contributed by atoms with E-state index in [2.05, 4.69) is 5.32 Å². The fraction of sp³-hybridized carbons (Fsp3) is 0.125. The van der Waals surface area contributed by atoms with Gasteiger partial charge in [-0.2, -0.15) is 0 Å². The van der Waals surface area contributed by atoms with Crippen molar-refractivity contribution in [2.24, 2.45) is 0 Å². The van der Waals surface area contributed by atoms with Crippen LogP contribution < -0.4 is 5.32 Å². The Morgan fingerprint density at radius 3 is 2.73 bits per heavy atom. The predicted octanol–water partition coefficient (Wildman–Crippen LogP) is 3.58. The van der Waals surface area contributed by atoms with Gasteiger partial charge in [-0.3, -0.25) is 4.79 Å². The zero-order valence-electron chi connectivity index (χ0n) is 11.7. The summed E-state index contributed by atoms with van der Waals surface area (Å²) in [6, 6.07) is 10.4. The van der Waals surface area contributed by atoms with Crippen molar-refractivity contribution in [2.45, 2.75) is 6.92 Å². The van der Waals surface area contributed by atoms with Crippen LogP contribution in [0.25, 0.3) is 0 Å². The van der Waals surface area contributed by atoms with E-state index in [4.69, 9.17) is 16.3 Å². The van der Waals surface area contributed by atoms with Gasteiger partial charge in [-0.15, -0.1) is 0 Å². The molecule has 2 aromatic carbocycles. The van der Waals surface area contributed by atoms with Crippen molar-refractivity contribution in [3.8, 4) is 0 Å². The number of aryl methyl sites for hydroxylation is 1. The van der Waals surface area contributed by atoms with Gasteiger partial charge in [0.15, 0.2) is 6.61 Å². The van der Waals surface area contributed by atoms with Crippen LogP contribution in [0.5, 0.6) is 0 Å². The number of amides is 1. The molecule has 1 N–H and O–H groups in total. The zero-order valence-corrected chi connectivity index (χ0v) is 12.5. The molecule has 6 heteroatoms. The summed E-state index contributed by atoms with van der Waals surface area (Å²) in [4.78, 5) is 23.5. The van der Waals surface area contributed by atoms with E-state index in [1.165, 1.54) is 12.1 Å². The molecular formula is C16H13ClFNO3. The Hall–Kier alpha value is -2.40. The summed E-state index contributed by atoms with van der Waals surface area (Å²) in [5, 5.41) is 2.58. The monoisotopic (exact) mass is 321 g/mol. The third kappa shape index (κ3) is 4.30. The fourth-order valence-electron chi connectivity index (χ4n) is 1.77. The van der Waals surface area contributed by atoms with Crippen LogP contribution in [0.2, 0.25) is 5.02 Å². The van der Waals surface area contributed by atoms with Crippen molar-refractivity contribution in [3.63, 3.8) is 0 Å². The smallest absolute Gasteiger partial charge is 0.338 e. The van der Waals surface area contributed by atoms with E-state index in [1.54, 1.807) is 18.2 Å². The molecule has 4 nitrogen and oxygen atoms in total. The number of anilines is 1. The highest BCUT2D eigenvalue weighted by molar-refractivity contribution is 6.33. The Bertz CT molecular complexity index is 718. The van der Waals surface area contributed by atoms with Crippen LogP contribution in [-0.4, -0.2) is 18.5 Å². The summed E-state index contributed by atoms with van der Waals surface area (Å²) in [5.41, 5.74) is 1.39. The average molecular weight is 322 g/mol. The standard InChI is InChI=1S/C16H13ClFNO3/c1-10-3-2-4-11(7-10)16(21)22-9-15(20)19-14-8-12(18)5-6-13(14)17/h2-8H,9H2,1H3,(H,19,20). The van der Waals surface area contributed by atoms with Crippen LogP contribution in [0.4, 0.5) is 10.1 Å². The lowest BCUT2D eigenvalue weighted by atomic mass is 10.1. The minimum atomic E-state index is -0.607. The molecule has 2 rings (SSSR count). The first-order chi connectivity index (χ1) is 10.5. The maximum atomic E-state index is 13.1. The van der Waals surface area contributed by atoms with Gasteiger partial charge in [0.2, 0.25) is 0 Å². The molecular weight excluding hydrogens is 309 g/mol. The van der Waals surface area contributed by atoms with E-state index in [1.807, 2.05) is 13.0 Å². The van der Waals surface area contributed by atoms with Crippen LogP contribution in [0.3, 0.4) is 0 Å². The number of hydrogen-bond acceptors (Lipinski definition) is 3. The minimum absolute atomic E-state index is 0.123. The second-order valence-corrected chi connectivity index (χ2v) is 5.03. The first-order valence-corrected chi connectivity index (χ1v) is 6.82. The Morgan fingerprint density at radius 1 is 1.23 bits per heavy atom. The third-order valence-electron chi connectivity index (χ3n) is 2.79. The second kappa shape index (κ2) is 7.04. The highest BCUT2D eigenvalue weighted by atomic mass is 35.5. The number of rotatable bonds is 4. The van der Waals surface area contributed by atoms with Gasteiger partial charge in [-0.25, -0.2) is 9.18 Å². The molecule has 114 valence electrons. The quantitative estimate of drug-likeness (QED) is 0.876. The molecule has 0 radical (unpaired) electrons. The van der Waals surface area contributed by atoms with Crippen molar-refractivity contribution < 1.29 is 18.7 Å². The van der Waals surface area contributed by atoms with Gasteiger partial charge in [0.1, 0.15) is 5.82 Å². The largest absolute Gasteiger partial charge is 0.452 e. The predicted molar refractivity (Wildman–Crippen MR) is 81.5 cm³/mol. The van der Waals surface area contributed by atoms with E-state index in [-0.39, 0.29) is 10.7 Å². The molecule has 0 fully saturated rings. The molecule has 0 saturated carbocycles. The zero-order chi connectivity index (χ0) is 16.1. The van der Waals surface area contributed by atoms with E-state index in [0.29, 0.717) is 5.56 Å². The number of benzene rings is 2. The Balaban J connectivity index is 1.93. The lowest BCUT2D eigenvalue weighted by Gasteiger charge is -2.08. The summed E-state index contributed by atoms with van der Waals surface area (Å²) < 4.78 is 18.0. The molecule has 0 bridgehead atoms. The maximum absolute atomic E-state index is 13.1. The summed E-state index contributed by atoms with van der Waals surface area (Å²) in [5.74, 6) is -1.74. The summed E-state index contributed by atoms with van der Waals surface area (Å²) in [6.07, 6.45) is 0. The third-order valence-corrected chi connectivity index (χ3v) is 3.12. The summed E-state index contributed by atoms with van der Waals surface area (Å²) in [6.45, 7) is 1.36. The summed E-state index contributed by atoms with van der Waals surface area (Å²) in [7, 11) is 0. The molecule has 0 atom stereocenters. The number of hydrogen-bond donors (Lipinski definition) is 1. The van der Waals surface area contributed by atoms with Gasteiger partial charge in [-0.05, 0) is 37.3 Å². The topological polar surface area (TPSA) is 55.4 Å². The van der Waals surface area contributed by atoms with Crippen molar-refractivity contribution in [3.05, 3.63) is 64.4 Å². The lowest BCUT2D eigenvalue weighted by Crippen LogP contribution is -2.21. The normalized spacial score (nSPS) is 10.1. The molecule has 0 aliphatic carbocycles. The maximum Gasteiger partial charge on any atom is 0.338 e. The van der Waals surface area contributed by atoms with Crippen LogP contribution in [0.15, 0.2) is 42.5 Å². The number of nitrogens with one attached hydrogen (secondary N) is 1. The van der Waals surface area contributed by atoms with Gasteiger partial charge in [0.05, 0.1) is 16.3 Å². The minimum Gasteiger partial charge on any atom is -0.452 e. The summed E-state index contributed by atoms with van der Waals surface area (Å²) >= 11 is 5.83. The first-order valence-electron chi connectivity index (χ1n) is 6.44. The molecule has 0 aromatic heterocycles. The lowest BCUT2D eigenvalue weighted by molar-refractivity contribution is -0.119. The Labute approximate surface area is 131 Å². The van der Waals surface area contributed by atoms with Crippen molar-refractivity contribution in [2.75, 3.05) is 11.9 Å². The van der Waals surface area contributed by atoms with Gasteiger partial charge in [0, 0.05) is 0 Å². The first kappa shape index (κ1) is 16.0. The van der Waals surface area contributed by atoms with Crippen LogP contribution in [-0.2, 0) is 9.53 Å². The number of carbonyl (C=O) groups excluding carboxylic acids is 2. The number of esters is 1. The van der Waals surface area contributed by atoms with Crippen LogP contribution in [0, 0.1) is 12.7 Å². The second-order valence-electron chi connectivity index (χ2n) is 4.62. The molecule has 2 aromatic rings.